The Morgan fingerprint density at radius 1 is 1.38 bits per heavy atom. The highest BCUT2D eigenvalue weighted by molar-refractivity contribution is 5.75. The van der Waals surface area contributed by atoms with Gasteiger partial charge < -0.3 is 9.64 Å². The quantitative estimate of drug-likeness (QED) is 0.780. The summed E-state index contributed by atoms with van der Waals surface area (Å²) in [6.07, 6.45) is 3.22. The number of aldehydes is 1. The normalized spacial score (nSPS) is 21.0. The van der Waals surface area contributed by atoms with Gasteiger partial charge in [0.05, 0.1) is 7.11 Å². The Balaban J connectivity index is 2.20. The number of rotatable bonds is 5. The second kappa shape index (κ2) is 7.57. The molecule has 4 heteroatoms. The largest absolute Gasteiger partial charge is 0.496 e. The highest BCUT2D eigenvalue weighted by Crippen LogP contribution is 2.23. The summed E-state index contributed by atoms with van der Waals surface area (Å²) in [7, 11) is 3.88. The van der Waals surface area contributed by atoms with Gasteiger partial charge in [0, 0.05) is 36.8 Å². The molecule has 0 aliphatic carbocycles. The lowest BCUT2D eigenvalue weighted by Gasteiger charge is -2.30. The lowest BCUT2D eigenvalue weighted by molar-refractivity contribution is 0.112. The Kier molecular flexibility index (Phi) is 5.76. The van der Waals surface area contributed by atoms with E-state index in [0.29, 0.717) is 11.6 Å². The number of ether oxygens (including phenoxy) is 1. The van der Waals surface area contributed by atoms with Crippen molar-refractivity contribution < 1.29 is 9.53 Å². The molecule has 1 fully saturated rings. The van der Waals surface area contributed by atoms with E-state index in [9.17, 15) is 4.79 Å². The third-order valence-electron chi connectivity index (χ3n) is 4.31. The molecule has 2 rings (SSSR count). The number of hydrogen-bond donors (Lipinski definition) is 0. The predicted octanol–water partition coefficient (Wildman–Crippen LogP) is 2.42. The van der Waals surface area contributed by atoms with E-state index in [1.165, 1.54) is 6.42 Å². The van der Waals surface area contributed by atoms with Gasteiger partial charge in [-0.15, -0.1) is 0 Å². The van der Waals surface area contributed by atoms with Crippen LogP contribution in [0.2, 0.25) is 0 Å². The average Bonchev–Trinajstić information content (AvgIpc) is 2.68. The number of hydrogen-bond acceptors (Lipinski definition) is 4. The van der Waals surface area contributed by atoms with Crippen LogP contribution in [0.3, 0.4) is 0 Å². The molecule has 0 amide bonds. The third-order valence-corrected chi connectivity index (χ3v) is 4.31. The molecular weight excluding hydrogens is 264 g/mol. The SMILES string of the molecule is CCC1CN(C)CCCN1Cc1cc(C=O)ccc1OC. The van der Waals surface area contributed by atoms with Gasteiger partial charge in [0.15, 0.2) is 0 Å². The Hall–Kier alpha value is -1.39. The van der Waals surface area contributed by atoms with Crippen molar-refractivity contribution in [1.29, 1.82) is 0 Å². The molecule has 1 heterocycles. The highest BCUT2D eigenvalue weighted by Gasteiger charge is 2.23. The van der Waals surface area contributed by atoms with Crippen LogP contribution in [0, 0.1) is 0 Å². The van der Waals surface area contributed by atoms with E-state index in [1.807, 2.05) is 18.2 Å². The van der Waals surface area contributed by atoms with Gasteiger partial charge in [-0.25, -0.2) is 0 Å². The third kappa shape index (κ3) is 4.05. The second-order valence-corrected chi connectivity index (χ2v) is 5.84. The van der Waals surface area contributed by atoms with Crippen LogP contribution in [0.4, 0.5) is 0 Å². The van der Waals surface area contributed by atoms with Crippen molar-refractivity contribution in [2.24, 2.45) is 0 Å². The van der Waals surface area contributed by atoms with Crippen LogP contribution in [0.5, 0.6) is 5.75 Å². The van der Waals surface area contributed by atoms with Crippen LogP contribution in [-0.2, 0) is 6.54 Å². The minimum Gasteiger partial charge on any atom is -0.496 e. The second-order valence-electron chi connectivity index (χ2n) is 5.84. The number of carbonyl (C=O) groups is 1. The summed E-state index contributed by atoms with van der Waals surface area (Å²) in [6.45, 7) is 6.44. The fraction of sp³-hybridized carbons (Fsp3) is 0.588. The lowest BCUT2D eigenvalue weighted by Crippen LogP contribution is -2.39. The first-order valence-electron chi connectivity index (χ1n) is 7.72. The zero-order valence-electron chi connectivity index (χ0n) is 13.3. The minimum absolute atomic E-state index is 0.557. The standard InChI is InChI=1S/C17H26N2O2/c1-4-16-12-18(2)8-5-9-19(16)11-15-10-14(13-20)6-7-17(15)21-3/h6-7,10,13,16H,4-5,8-9,11-12H2,1-3H3. The average molecular weight is 290 g/mol. The zero-order valence-corrected chi connectivity index (χ0v) is 13.3. The van der Waals surface area contributed by atoms with Gasteiger partial charge in [-0.3, -0.25) is 9.69 Å². The molecule has 0 aromatic heterocycles. The maximum absolute atomic E-state index is 11.0. The summed E-state index contributed by atoms with van der Waals surface area (Å²) in [5, 5.41) is 0. The molecule has 1 aromatic carbocycles. The van der Waals surface area contributed by atoms with Crippen molar-refractivity contribution in [2.45, 2.75) is 32.4 Å². The topological polar surface area (TPSA) is 32.8 Å². The maximum Gasteiger partial charge on any atom is 0.150 e. The van der Waals surface area contributed by atoms with Crippen LogP contribution in [0.15, 0.2) is 18.2 Å². The summed E-state index contributed by atoms with van der Waals surface area (Å²) in [6, 6.07) is 6.21. The molecule has 1 unspecified atom stereocenters. The van der Waals surface area contributed by atoms with E-state index in [1.54, 1.807) is 7.11 Å². The molecule has 0 bridgehead atoms. The van der Waals surface area contributed by atoms with Crippen molar-refractivity contribution in [3.05, 3.63) is 29.3 Å². The number of benzene rings is 1. The van der Waals surface area contributed by atoms with E-state index in [0.717, 1.165) is 50.2 Å². The smallest absolute Gasteiger partial charge is 0.150 e. The molecule has 1 aliphatic heterocycles. The molecule has 1 aliphatic rings. The highest BCUT2D eigenvalue weighted by atomic mass is 16.5. The molecule has 1 atom stereocenters. The number of nitrogens with zero attached hydrogens (tertiary/aromatic N) is 2. The maximum atomic E-state index is 11.0. The fourth-order valence-corrected chi connectivity index (χ4v) is 3.10. The van der Waals surface area contributed by atoms with Gasteiger partial charge in [-0.2, -0.15) is 0 Å². The predicted molar refractivity (Wildman–Crippen MR) is 85.0 cm³/mol. The lowest BCUT2D eigenvalue weighted by atomic mass is 10.1. The summed E-state index contributed by atoms with van der Waals surface area (Å²) in [4.78, 5) is 15.9. The summed E-state index contributed by atoms with van der Waals surface area (Å²) < 4.78 is 5.45. The number of likely N-dealkylation sites (N-methyl/N-ethyl adjacent to an activating group) is 1. The monoisotopic (exact) mass is 290 g/mol. The molecule has 21 heavy (non-hydrogen) atoms. The van der Waals surface area contributed by atoms with Gasteiger partial charge in [0.1, 0.15) is 12.0 Å². The summed E-state index contributed by atoms with van der Waals surface area (Å²) >= 11 is 0. The summed E-state index contributed by atoms with van der Waals surface area (Å²) in [5.74, 6) is 0.869. The van der Waals surface area contributed by atoms with Crippen molar-refractivity contribution in [1.82, 2.24) is 9.80 Å². The first-order valence-corrected chi connectivity index (χ1v) is 7.72. The molecule has 0 spiro atoms. The van der Waals surface area contributed by atoms with Crippen LogP contribution in [-0.4, -0.2) is 55.9 Å². The fourth-order valence-electron chi connectivity index (χ4n) is 3.10. The van der Waals surface area contributed by atoms with Crippen molar-refractivity contribution >= 4 is 6.29 Å². The van der Waals surface area contributed by atoms with Gasteiger partial charge >= 0.3 is 0 Å². The van der Waals surface area contributed by atoms with E-state index in [-0.39, 0.29) is 0 Å². The molecule has 1 saturated heterocycles. The van der Waals surface area contributed by atoms with E-state index in [4.69, 9.17) is 4.74 Å². The molecule has 1 aromatic rings. The first-order chi connectivity index (χ1) is 10.2. The van der Waals surface area contributed by atoms with Crippen molar-refractivity contribution in [3.63, 3.8) is 0 Å². The Morgan fingerprint density at radius 2 is 2.19 bits per heavy atom. The summed E-state index contributed by atoms with van der Waals surface area (Å²) in [5.41, 5.74) is 1.82. The van der Waals surface area contributed by atoms with E-state index >= 15 is 0 Å². The molecule has 0 N–H and O–H groups in total. The Labute approximate surface area is 127 Å². The Morgan fingerprint density at radius 3 is 2.86 bits per heavy atom. The van der Waals surface area contributed by atoms with Gasteiger partial charge in [-0.05, 0) is 44.6 Å². The van der Waals surface area contributed by atoms with Crippen LogP contribution in [0.1, 0.15) is 35.7 Å². The zero-order chi connectivity index (χ0) is 15.2. The molecule has 4 nitrogen and oxygen atoms in total. The first kappa shape index (κ1) is 16.0. The van der Waals surface area contributed by atoms with Gasteiger partial charge in [0.2, 0.25) is 0 Å². The molecule has 116 valence electrons. The van der Waals surface area contributed by atoms with E-state index in [2.05, 4.69) is 23.8 Å². The van der Waals surface area contributed by atoms with Crippen LogP contribution < -0.4 is 4.74 Å². The number of methoxy groups -OCH3 is 1. The van der Waals surface area contributed by atoms with Gasteiger partial charge in [-0.1, -0.05) is 6.92 Å². The molecular formula is C17H26N2O2. The van der Waals surface area contributed by atoms with Crippen molar-refractivity contribution in [2.75, 3.05) is 33.8 Å². The molecule has 0 radical (unpaired) electrons. The number of carbonyl (C=O) groups excluding carboxylic acids is 1. The van der Waals surface area contributed by atoms with Gasteiger partial charge in [0.25, 0.3) is 0 Å². The Bertz CT molecular complexity index is 476. The van der Waals surface area contributed by atoms with E-state index < -0.39 is 0 Å². The molecule has 0 saturated carbocycles. The minimum atomic E-state index is 0.557. The van der Waals surface area contributed by atoms with Crippen LogP contribution >= 0.6 is 0 Å². The van der Waals surface area contributed by atoms with Crippen LogP contribution in [0.25, 0.3) is 0 Å². The van der Waals surface area contributed by atoms with Crippen molar-refractivity contribution in [3.8, 4) is 5.75 Å².